The Bertz CT molecular complexity index is 1190. The zero-order valence-electron chi connectivity index (χ0n) is 16.7. The van der Waals surface area contributed by atoms with E-state index in [0.29, 0.717) is 16.5 Å². The van der Waals surface area contributed by atoms with Crippen LogP contribution >= 0.6 is 11.8 Å². The summed E-state index contributed by atoms with van der Waals surface area (Å²) in [7, 11) is 0. The molecule has 3 aromatic rings. The smallest absolute Gasteiger partial charge is 0.283 e. The van der Waals surface area contributed by atoms with Crippen molar-refractivity contribution in [2.45, 2.75) is 0 Å². The second-order valence-electron chi connectivity index (χ2n) is 6.80. The number of benzene rings is 3. The van der Waals surface area contributed by atoms with E-state index in [0.717, 1.165) is 17.3 Å². The maximum atomic E-state index is 13.4. The van der Waals surface area contributed by atoms with Crippen LogP contribution in [0.15, 0.2) is 89.6 Å². The van der Waals surface area contributed by atoms with Crippen molar-refractivity contribution in [1.82, 2.24) is 0 Å². The van der Waals surface area contributed by atoms with Gasteiger partial charge in [-0.25, -0.2) is 13.8 Å². The van der Waals surface area contributed by atoms with Gasteiger partial charge in [-0.1, -0.05) is 42.1 Å². The molecule has 0 saturated carbocycles. The highest BCUT2D eigenvalue weighted by Crippen LogP contribution is 2.29. The number of anilines is 2. The highest BCUT2D eigenvalue weighted by Gasteiger charge is 2.32. The fourth-order valence-corrected chi connectivity index (χ4v) is 3.79. The Hall–Kier alpha value is -3.78. The third-order valence-electron chi connectivity index (χ3n) is 4.48. The largest absolute Gasteiger partial charge is 0.325 e. The molecule has 0 bridgehead atoms. The van der Waals surface area contributed by atoms with Crippen LogP contribution in [-0.2, 0) is 9.59 Å². The molecule has 3 aromatic carbocycles. The Morgan fingerprint density at radius 2 is 1.56 bits per heavy atom. The maximum absolute atomic E-state index is 13.4. The van der Waals surface area contributed by atoms with E-state index < -0.39 is 11.6 Å². The van der Waals surface area contributed by atoms with Gasteiger partial charge in [0, 0.05) is 5.69 Å². The van der Waals surface area contributed by atoms with E-state index in [9.17, 15) is 18.4 Å². The Labute approximate surface area is 187 Å². The van der Waals surface area contributed by atoms with E-state index in [4.69, 9.17) is 0 Å². The third kappa shape index (κ3) is 5.09. The van der Waals surface area contributed by atoms with E-state index in [1.807, 2.05) is 30.3 Å². The topological polar surface area (TPSA) is 61.8 Å². The van der Waals surface area contributed by atoms with Gasteiger partial charge in [-0.05, 0) is 60.2 Å². The summed E-state index contributed by atoms with van der Waals surface area (Å²) in [5.41, 5.74) is 1.92. The monoisotopic (exact) mass is 449 g/mol. The molecule has 1 heterocycles. The molecule has 5 nitrogen and oxygen atoms in total. The average molecular weight is 449 g/mol. The van der Waals surface area contributed by atoms with E-state index in [2.05, 4.69) is 10.3 Å². The minimum atomic E-state index is -0.426. The second-order valence-corrected chi connectivity index (χ2v) is 7.74. The van der Waals surface area contributed by atoms with Crippen molar-refractivity contribution in [2.75, 3.05) is 16.0 Å². The number of carbonyl (C=O) groups excluding carboxylic acids is 2. The van der Waals surface area contributed by atoms with Gasteiger partial charge in [0.25, 0.3) is 5.91 Å². The lowest BCUT2D eigenvalue weighted by molar-refractivity contribution is -0.114. The number of hydrogen-bond acceptors (Lipinski definition) is 4. The molecule has 160 valence electrons. The highest BCUT2D eigenvalue weighted by molar-refractivity contribution is 8.14. The third-order valence-corrected chi connectivity index (χ3v) is 5.42. The first-order valence-electron chi connectivity index (χ1n) is 9.63. The molecule has 1 N–H and O–H groups in total. The summed E-state index contributed by atoms with van der Waals surface area (Å²) >= 11 is 1.07. The number of nitrogens with one attached hydrogen (secondary N) is 1. The fraction of sp³-hybridized carbons (Fsp3) is 0.0417. The first-order valence-corrected chi connectivity index (χ1v) is 10.6. The van der Waals surface area contributed by atoms with Crippen molar-refractivity contribution < 1.29 is 18.4 Å². The molecular formula is C24H17F2N3O2S. The SMILES string of the molecule is O=C(CSC1=N/C(=C\c2ccccc2)C(=O)N1c1ccc(F)cc1)Nc1ccc(F)cc1. The van der Waals surface area contributed by atoms with Gasteiger partial charge in [-0.15, -0.1) is 0 Å². The van der Waals surface area contributed by atoms with Crippen LogP contribution in [0.5, 0.6) is 0 Å². The number of nitrogens with zero attached hydrogens (tertiary/aromatic N) is 2. The standard InChI is InChI=1S/C24H17F2N3O2S/c25-17-6-10-19(11-7-17)27-22(30)15-32-24-28-21(14-16-4-2-1-3-5-16)23(31)29(24)20-12-8-18(26)9-13-20/h1-14H,15H2,(H,27,30)/b21-14-. The molecule has 1 aliphatic rings. The molecule has 0 unspecified atom stereocenters. The Kier molecular flexibility index (Phi) is 6.42. The fourth-order valence-electron chi connectivity index (χ4n) is 2.98. The van der Waals surface area contributed by atoms with Crippen molar-refractivity contribution >= 4 is 46.2 Å². The zero-order valence-corrected chi connectivity index (χ0v) is 17.5. The van der Waals surface area contributed by atoms with E-state index in [-0.39, 0.29) is 23.3 Å². The number of halogens is 2. The Morgan fingerprint density at radius 3 is 2.22 bits per heavy atom. The molecule has 0 aliphatic carbocycles. The predicted molar refractivity (Wildman–Crippen MR) is 123 cm³/mol. The predicted octanol–water partition coefficient (Wildman–Crippen LogP) is 5.08. The maximum Gasteiger partial charge on any atom is 0.283 e. The van der Waals surface area contributed by atoms with Crippen molar-refractivity contribution in [3.8, 4) is 0 Å². The molecule has 2 amide bonds. The number of aliphatic imine (C=N–C) groups is 1. The lowest BCUT2D eigenvalue weighted by Crippen LogP contribution is -2.31. The molecule has 1 aliphatic heterocycles. The van der Waals surface area contributed by atoms with E-state index in [1.165, 1.54) is 53.4 Å². The lowest BCUT2D eigenvalue weighted by atomic mass is 10.2. The molecule has 0 spiro atoms. The molecule has 0 fully saturated rings. The molecule has 8 heteroatoms. The molecule has 0 aromatic heterocycles. The van der Waals surface area contributed by atoms with Crippen molar-refractivity contribution in [3.05, 3.63) is 102 Å². The van der Waals surface area contributed by atoms with Gasteiger partial charge >= 0.3 is 0 Å². The number of amidine groups is 1. The number of rotatable bonds is 5. The minimum absolute atomic E-state index is 0.0280. The molecule has 0 radical (unpaired) electrons. The van der Waals surface area contributed by atoms with Gasteiger partial charge in [0.15, 0.2) is 5.17 Å². The number of hydrogen-bond donors (Lipinski definition) is 1. The summed E-state index contributed by atoms with van der Waals surface area (Å²) in [6.07, 6.45) is 1.66. The van der Waals surface area contributed by atoms with Crippen LogP contribution < -0.4 is 10.2 Å². The highest BCUT2D eigenvalue weighted by atomic mass is 32.2. The summed E-state index contributed by atoms with van der Waals surface area (Å²) in [6, 6.07) is 20.1. The Morgan fingerprint density at radius 1 is 0.938 bits per heavy atom. The zero-order chi connectivity index (χ0) is 22.5. The van der Waals surface area contributed by atoms with Crippen LogP contribution in [0.25, 0.3) is 6.08 Å². The van der Waals surface area contributed by atoms with Gasteiger partial charge in [0.2, 0.25) is 5.91 Å². The summed E-state index contributed by atoms with van der Waals surface area (Å²) in [5, 5.41) is 2.97. The van der Waals surface area contributed by atoms with E-state index >= 15 is 0 Å². The summed E-state index contributed by atoms with van der Waals surface area (Å²) in [6.45, 7) is 0. The second kappa shape index (κ2) is 9.57. The van der Waals surface area contributed by atoms with Crippen molar-refractivity contribution in [3.63, 3.8) is 0 Å². The van der Waals surface area contributed by atoms with Crippen molar-refractivity contribution in [1.29, 1.82) is 0 Å². The van der Waals surface area contributed by atoms with Crippen molar-refractivity contribution in [2.24, 2.45) is 4.99 Å². The Balaban J connectivity index is 1.55. The first-order chi connectivity index (χ1) is 15.5. The lowest BCUT2D eigenvalue weighted by Gasteiger charge is -2.17. The van der Waals surface area contributed by atoms with E-state index in [1.54, 1.807) is 6.08 Å². The van der Waals surface area contributed by atoms with Crippen LogP contribution in [-0.4, -0.2) is 22.7 Å². The summed E-state index contributed by atoms with van der Waals surface area (Å²) in [4.78, 5) is 31.2. The number of thioether (sulfide) groups is 1. The minimum Gasteiger partial charge on any atom is -0.325 e. The van der Waals surface area contributed by atoms with Crippen LogP contribution in [0.2, 0.25) is 0 Å². The molecule has 0 atom stereocenters. The molecule has 0 saturated heterocycles. The van der Waals surface area contributed by atoms with Crippen LogP contribution in [0.1, 0.15) is 5.56 Å². The van der Waals surface area contributed by atoms with Gasteiger partial charge in [0.1, 0.15) is 17.3 Å². The van der Waals surface area contributed by atoms with Gasteiger partial charge in [-0.3, -0.25) is 14.5 Å². The quantitative estimate of drug-likeness (QED) is 0.553. The van der Waals surface area contributed by atoms with Crippen LogP contribution in [0, 0.1) is 11.6 Å². The first kappa shape index (κ1) is 21.5. The van der Waals surface area contributed by atoms with Crippen LogP contribution in [0.4, 0.5) is 20.2 Å². The summed E-state index contributed by atoms with van der Waals surface area (Å²) in [5.74, 6) is -1.56. The number of amides is 2. The van der Waals surface area contributed by atoms with Crippen LogP contribution in [0.3, 0.4) is 0 Å². The van der Waals surface area contributed by atoms with Gasteiger partial charge < -0.3 is 5.32 Å². The molecular weight excluding hydrogens is 432 g/mol. The van der Waals surface area contributed by atoms with Gasteiger partial charge in [-0.2, -0.15) is 0 Å². The van der Waals surface area contributed by atoms with Gasteiger partial charge in [0.05, 0.1) is 11.4 Å². The number of carbonyl (C=O) groups is 2. The summed E-state index contributed by atoms with van der Waals surface area (Å²) < 4.78 is 26.4. The molecule has 4 rings (SSSR count). The molecule has 32 heavy (non-hydrogen) atoms. The average Bonchev–Trinajstić information content (AvgIpc) is 3.10. The normalized spacial score (nSPS) is 14.6.